The maximum absolute atomic E-state index is 11.7. The molecule has 1 aromatic rings. The molecule has 0 unspecified atom stereocenters. The summed E-state index contributed by atoms with van der Waals surface area (Å²) in [5, 5.41) is 7.37. The Morgan fingerprint density at radius 2 is 2.11 bits per heavy atom. The Hall–Kier alpha value is -1.55. The fourth-order valence-electron chi connectivity index (χ4n) is 1.68. The van der Waals surface area contributed by atoms with Gasteiger partial charge in [0.25, 0.3) is 0 Å². The van der Waals surface area contributed by atoms with Crippen molar-refractivity contribution >= 4 is 29.0 Å². The van der Waals surface area contributed by atoms with Crippen molar-refractivity contribution in [3.63, 3.8) is 0 Å². The molecule has 1 rings (SSSR count). The molecular weight excluding hydrogens is 262 g/mol. The lowest BCUT2D eigenvalue weighted by Gasteiger charge is -2.09. The maximum atomic E-state index is 11.7. The second-order valence-corrected chi connectivity index (χ2v) is 5.33. The summed E-state index contributed by atoms with van der Waals surface area (Å²) in [6.07, 6.45) is 0.858. The topological polar surface area (TPSA) is 53.5 Å². The largest absolute Gasteiger partial charge is 0.339 e. The molecule has 0 saturated carbocycles. The van der Waals surface area contributed by atoms with Crippen LogP contribution in [0, 0.1) is 12.8 Å². The summed E-state index contributed by atoms with van der Waals surface area (Å²) < 4.78 is 0. The third-order valence-electron chi connectivity index (χ3n) is 2.57. The minimum Gasteiger partial charge on any atom is -0.306 e. The van der Waals surface area contributed by atoms with Crippen molar-refractivity contribution in [2.24, 2.45) is 11.0 Å². The number of rotatable bonds is 4. The molecule has 0 atom stereocenters. The maximum Gasteiger partial charge on any atom is 0.339 e. The van der Waals surface area contributed by atoms with Crippen LogP contribution in [-0.2, 0) is 0 Å². The standard InChI is InChI=1S/C14H20ClN3O/c1-9(2)8-10(3)17-18-14(19)16-13-7-5-6-12(15)11(13)4/h5-7,9H,8H2,1-4H3,(H2,16,18,19). The van der Waals surface area contributed by atoms with E-state index in [9.17, 15) is 4.79 Å². The summed E-state index contributed by atoms with van der Waals surface area (Å²) in [5.41, 5.74) is 4.89. The molecule has 0 saturated heterocycles. The van der Waals surface area contributed by atoms with E-state index in [-0.39, 0.29) is 6.03 Å². The van der Waals surface area contributed by atoms with Crippen LogP contribution in [0.1, 0.15) is 32.8 Å². The Morgan fingerprint density at radius 3 is 2.74 bits per heavy atom. The van der Waals surface area contributed by atoms with Gasteiger partial charge in [-0.05, 0) is 43.9 Å². The molecule has 104 valence electrons. The van der Waals surface area contributed by atoms with E-state index in [1.807, 2.05) is 13.8 Å². The molecular formula is C14H20ClN3O. The van der Waals surface area contributed by atoms with Crippen LogP contribution < -0.4 is 10.7 Å². The van der Waals surface area contributed by atoms with E-state index >= 15 is 0 Å². The van der Waals surface area contributed by atoms with E-state index in [0.717, 1.165) is 17.7 Å². The van der Waals surface area contributed by atoms with E-state index in [1.54, 1.807) is 18.2 Å². The number of carbonyl (C=O) groups excluding carboxylic acids is 1. The first kappa shape index (κ1) is 15.5. The minimum atomic E-state index is -0.367. The average Bonchev–Trinajstić information content (AvgIpc) is 2.32. The number of carbonyl (C=O) groups is 1. The van der Waals surface area contributed by atoms with Crippen LogP contribution in [-0.4, -0.2) is 11.7 Å². The van der Waals surface area contributed by atoms with Crippen molar-refractivity contribution in [3.8, 4) is 0 Å². The molecule has 5 heteroatoms. The second kappa shape index (κ2) is 7.14. The summed E-state index contributed by atoms with van der Waals surface area (Å²) in [6, 6.07) is 5.00. The predicted molar refractivity (Wildman–Crippen MR) is 80.9 cm³/mol. The van der Waals surface area contributed by atoms with Gasteiger partial charge in [-0.3, -0.25) is 0 Å². The number of urea groups is 1. The van der Waals surface area contributed by atoms with E-state index in [1.165, 1.54) is 0 Å². The third-order valence-corrected chi connectivity index (χ3v) is 2.98. The molecule has 0 radical (unpaired) electrons. The highest BCUT2D eigenvalue weighted by atomic mass is 35.5. The minimum absolute atomic E-state index is 0.367. The summed E-state index contributed by atoms with van der Waals surface area (Å²) in [5.74, 6) is 0.517. The molecule has 2 amide bonds. The van der Waals surface area contributed by atoms with Crippen LogP contribution in [0.25, 0.3) is 0 Å². The highest BCUT2D eigenvalue weighted by Gasteiger charge is 2.06. The monoisotopic (exact) mass is 281 g/mol. The van der Waals surface area contributed by atoms with Gasteiger partial charge in [0.05, 0.1) is 0 Å². The van der Waals surface area contributed by atoms with Gasteiger partial charge in [0.1, 0.15) is 0 Å². The Balaban J connectivity index is 2.59. The third kappa shape index (κ3) is 5.30. The molecule has 19 heavy (non-hydrogen) atoms. The van der Waals surface area contributed by atoms with Gasteiger partial charge in [-0.2, -0.15) is 5.10 Å². The number of anilines is 1. The van der Waals surface area contributed by atoms with Gasteiger partial charge in [0.15, 0.2) is 0 Å². The molecule has 1 aromatic carbocycles. The number of benzene rings is 1. The van der Waals surface area contributed by atoms with Gasteiger partial charge in [-0.15, -0.1) is 0 Å². The van der Waals surface area contributed by atoms with Crippen molar-refractivity contribution < 1.29 is 4.79 Å². The highest BCUT2D eigenvalue weighted by Crippen LogP contribution is 2.22. The van der Waals surface area contributed by atoms with Crippen molar-refractivity contribution in [3.05, 3.63) is 28.8 Å². The van der Waals surface area contributed by atoms with E-state index in [4.69, 9.17) is 11.6 Å². The fourth-order valence-corrected chi connectivity index (χ4v) is 1.85. The zero-order valence-electron chi connectivity index (χ0n) is 11.7. The Morgan fingerprint density at radius 1 is 1.42 bits per heavy atom. The normalized spacial score (nSPS) is 11.6. The summed E-state index contributed by atoms with van der Waals surface area (Å²) in [4.78, 5) is 11.7. The first-order chi connectivity index (χ1) is 8.90. The molecule has 0 bridgehead atoms. The predicted octanol–water partition coefficient (Wildman–Crippen LogP) is 4.19. The van der Waals surface area contributed by atoms with E-state index < -0.39 is 0 Å². The van der Waals surface area contributed by atoms with Crippen molar-refractivity contribution in [1.29, 1.82) is 0 Å². The quantitative estimate of drug-likeness (QED) is 0.631. The summed E-state index contributed by atoms with van der Waals surface area (Å²) in [6.45, 7) is 7.96. The molecule has 0 heterocycles. The number of amides is 2. The lowest BCUT2D eigenvalue weighted by atomic mass is 10.1. The molecule has 2 N–H and O–H groups in total. The number of hydrazone groups is 1. The van der Waals surface area contributed by atoms with Gasteiger partial charge < -0.3 is 5.32 Å². The average molecular weight is 282 g/mol. The number of hydrogen-bond donors (Lipinski definition) is 2. The first-order valence-electron chi connectivity index (χ1n) is 6.25. The Bertz CT molecular complexity index is 484. The zero-order chi connectivity index (χ0) is 14.4. The number of hydrogen-bond acceptors (Lipinski definition) is 2. The summed E-state index contributed by atoms with van der Waals surface area (Å²) >= 11 is 5.98. The summed E-state index contributed by atoms with van der Waals surface area (Å²) in [7, 11) is 0. The lowest BCUT2D eigenvalue weighted by Crippen LogP contribution is -2.25. The van der Waals surface area contributed by atoms with Gasteiger partial charge >= 0.3 is 6.03 Å². The SMILES string of the molecule is CC(CC(C)C)=NNC(=O)Nc1cccc(Cl)c1C. The van der Waals surface area contributed by atoms with Crippen LogP contribution in [0.5, 0.6) is 0 Å². The van der Waals surface area contributed by atoms with Crippen LogP contribution in [0.2, 0.25) is 5.02 Å². The number of nitrogens with one attached hydrogen (secondary N) is 2. The number of nitrogens with zero attached hydrogens (tertiary/aromatic N) is 1. The van der Waals surface area contributed by atoms with Crippen LogP contribution in [0.3, 0.4) is 0 Å². The van der Waals surface area contributed by atoms with Gasteiger partial charge in [0, 0.05) is 16.4 Å². The Kier molecular flexibility index (Phi) is 5.83. The van der Waals surface area contributed by atoms with Crippen molar-refractivity contribution in [2.75, 3.05) is 5.32 Å². The van der Waals surface area contributed by atoms with Crippen LogP contribution >= 0.6 is 11.6 Å². The van der Waals surface area contributed by atoms with Crippen LogP contribution in [0.15, 0.2) is 23.3 Å². The molecule has 4 nitrogen and oxygen atoms in total. The molecule has 0 fully saturated rings. The molecule has 0 aromatic heterocycles. The Labute approximate surface area is 119 Å². The van der Waals surface area contributed by atoms with Crippen molar-refractivity contribution in [2.45, 2.75) is 34.1 Å². The fraction of sp³-hybridized carbons (Fsp3) is 0.429. The van der Waals surface area contributed by atoms with Gasteiger partial charge in [-0.1, -0.05) is 31.5 Å². The van der Waals surface area contributed by atoms with Crippen molar-refractivity contribution in [1.82, 2.24) is 5.43 Å². The number of halogens is 1. The molecule has 0 spiro atoms. The van der Waals surface area contributed by atoms with E-state index in [2.05, 4.69) is 29.7 Å². The molecule has 0 aliphatic heterocycles. The first-order valence-corrected chi connectivity index (χ1v) is 6.63. The second-order valence-electron chi connectivity index (χ2n) is 4.92. The van der Waals surface area contributed by atoms with Gasteiger partial charge in [-0.25, -0.2) is 10.2 Å². The smallest absolute Gasteiger partial charge is 0.306 e. The van der Waals surface area contributed by atoms with Crippen LogP contribution in [0.4, 0.5) is 10.5 Å². The van der Waals surface area contributed by atoms with Gasteiger partial charge in [0.2, 0.25) is 0 Å². The highest BCUT2D eigenvalue weighted by molar-refractivity contribution is 6.31. The zero-order valence-corrected chi connectivity index (χ0v) is 12.5. The lowest BCUT2D eigenvalue weighted by molar-refractivity contribution is 0.252. The molecule has 0 aliphatic rings. The van der Waals surface area contributed by atoms with E-state index in [0.29, 0.717) is 16.6 Å². The molecule has 0 aliphatic carbocycles.